The quantitative estimate of drug-likeness (QED) is 0.640. The van der Waals surface area contributed by atoms with Crippen molar-refractivity contribution < 1.29 is 9.53 Å². The molecule has 0 aliphatic heterocycles. The molecule has 0 spiro atoms. The van der Waals surface area contributed by atoms with Crippen molar-refractivity contribution >= 4 is 38.3 Å². The van der Waals surface area contributed by atoms with Crippen molar-refractivity contribution in [1.82, 2.24) is 4.57 Å². The van der Waals surface area contributed by atoms with Gasteiger partial charge in [-0.1, -0.05) is 18.2 Å². The lowest BCUT2D eigenvalue weighted by atomic mass is 10.1. The van der Waals surface area contributed by atoms with Crippen LogP contribution in [0.15, 0.2) is 35.1 Å². The highest BCUT2D eigenvalue weighted by molar-refractivity contribution is 7.21. The number of ether oxygens (including phenoxy) is 1. The Bertz CT molecular complexity index is 860. The number of aryl methyl sites for hydroxylation is 1. The van der Waals surface area contributed by atoms with Crippen LogP contribution in [0.3, 0.4) is 0 Å². The van der Waals surface area contributed by atoms with Gasteiger partial charge in [-0.25, -0.2) is 4.79 Å². The highest BCUT2D eigenvalue weighted by Gasteiger charge is 2.15. The lowest BCUT2D eigenvalue weighted by Crippen LogP contribution is -2.16. The molecule has 1 aromatic carbocycles. The van der Waals surface area contributed by atoms with E-state index in [1.807, 2.05) is 18.2 Å². The summed E-state index contributed by atoms with van der Waals surface area (Å²) in [7, 11) is 3.06. The van der Waals surface area contributed by atoms with Gasteiger partial charge in [0.1, 0.15) is 4.88 Å². The van der Waals surface area contributed by atoms with E-state index in [2.05, 4.69) is 0 Å². The van der Waals surface area contributed by atoms with Gasteiger partial charge in [-0.05, 0) is 12.1 Å². The van der Waals surface area contributed by atoms with Crippen LogP contribution >= 0.6 is 11.3 Å². The van der Waals surface area contributed by atoms with Gasteiger partial charge in [0.25, 0.3) is 5.56 Å². The summed E-state index contributed by atoms with van der Waals surface area (Å²) in [6, 6.07) is 9.13. The lowest BCUT2D eigenvalue weighted by Gasteiger charge is -2.03. The van der Waals surface area contributed by atoms with Crippen LogP contribution in [0, 0.1) is 0 Å². The zero-order chi connectivity index (χ0) is 13.6. The molecule has 0 radical (unpaired) electrons. The van der Waals surface area contributed by atoms with Gasteiger partial charge in [0.2, 0.25) is 0 Å². The average Bonchev–Trinajstić information content (AvgIpc) is 2.89. The minimum Gasteiger partial charge on any atom is -0.465 e. The number of esters is 1. The fourth-order valence-electron chi connectivity index (χ4n) is 2.18. The molecular weight excluding hydrogens is 262 g/mol. The second-order valence-electron chi connectivity index (χ2n) is 4.23. The van der Waals surface area contributed by atoms with Crippen LogP contribution in [0.5, 0.6) is 0 Å². The lowest BCUT2D eigenvalue weighted by molar-refractivity contribution is 0.0606. The van der Waals surface area contributed by atoms with E-state index in [1.165, 1.54) is 18.4 Å². The number of fused-ring (bicyclic) bond motifs is 3. The van der Waals surface area contributed by atoms with Crippen molar-refractivity contribution in [2.75, 3.05) is 7.11 Å². The van der Waals surface area contributed by atoms with Crippen LogP contribution in [0.4, 0.5) is 0 Å². The molecule has 0 amide bonds. The van der Waals surface area contributed by atoms with Crippen molar-refractivity contribution in [3.05, 3.63) is 45.6 Å². The largest absolute Gasteiger partial charge is 0.465 e. The second-order valence-corrected chi connectivity index (χ2v) is 5.28. The summed E-state index contributed by atoms with van der Waals surface area (Å²) in [5, 5.41) is 1.54. The normalized spacial score (nSPS) is 11.1. The minimum atomic E-state index is -0.377. The number of hydrogen-bond donors (Lipinski definition) is 0. The van der Waals surface area contributed by atoms with Crippen molar-refractivity contribution in [2.45, 2.75) is 0 Å². The molecule has 0 unspecified atom stereocenters. The number of hydrogen-bond acceptors (Lipinski definition) is 4. The molecule has 0 N–H and O–H groups in total. The molecule has 0 bridgehead atoms. The number of carbonyl (C=O) groups excluding carboxylic acids is 1. The van der Waals surface area contributed by atoms with E-state index >= 15 is 0 Å². The molecule has 19 heavy (non-hydrogen) atoms. The number of benzene rings is 1. The maximum atomic E-state index is 12.2. The van der Waals surface area contributed by atoms with E-state index in [0.717, 1.165) is 15.6 Å². The first-order valence-corrected chi connectivity index (χ1v) is 6.54. The molecule has 0 atom stereocenters. The fourth-order valence-corrected chi connectivity index (χ4v) is 3.33. The molecule has 2 aromatic heterocycles. The Balaban J connectivity index is 2.51. The van der Waals surface area contributed by atoms with Gasteiger partial charge in [-0.15, -0.1) is 11.3 Å². The zero-order valence-electron chi connectivity index (χ0n) is 10.5. The zero-order valence-corrected chi connectivity index (χ0v) is 11.3. The first kappa shape index (κ1) is 11.9. The van der Waals surface area contributed by atoms with Crippen LogP contribution in [0.25, 0.3) is 21.0 Å². The third-order valence-corrected chi connectivity index (χ3v) is 4.30. The molecular formula is C14H11NO3S. The molecule has 2 heterocycles. The van der Waals surface area contributed by atoms with E-state index < -0.39 is 0 Å². The van der Waals surface area contributed by atoms with Crippen LogP contribution in [-0.2, 0) is 11.8 Å². The van der Waals surface area contributed by atoms with Crippen molar-refractivity contribution in [1.29, 1.82) is 0 Å². The predicted molar refractivity (Wildman–Crippen MR) is 75.9 cm³/mol. The highest BCUT2D eigenvalue weighted by Crippen LogP contribution is 2.30. The third kappa shape index (κ3) is 1.66. The van der Waals surface area contributed by atoms with E-state index in [9.17, 15) is 9.59 Å². The number of rotatable bonds is 1. The van der Waals surface area contributed by atoms with E-state index in [0.29, 0.717) is 10.3 Å². The van der Waals surface area contributed by atoms with Crippen molar-refractivity contribution in [2.24, 2.45) is 7.05 Å². The summed E-state index contributed by atoms with van der Waals surface area (Å²) >= 11 is 1.35. The van der Waals surface area contributed by atoms with Crippen LogP contribution in [0.1, 0.15) is 9.67 Å². The summed E-state index contributed by atoms with van der Waals surface area (Å²) in [5.74, 6) is -0.377. The Morgan fingerprint density at radius 1 is 1.26 bits per heavy atom. The van der Waals surface area contributed by atoms with Crippen LogP contribution < -0.4 is 5.56 Å². The van der Waals surface area contributed by atoms with Gasteiger partial charge in [0.15, 0.2) is 0 Å². The Morgan fingerprint density at radius 2 is 1.95 bits per heavy atom. The van der Waals surface area contributed by atoms with E-state index in [-0.39, 0.29) is 11.5 Å². The van der Waals surface area contributed by atoms with Gasteiger partial charge < -0.3 is 9.30 Å². The first-order valence-electron chi connectivity index (χ1n) is 5.73. The number of carbonyl (C=O) groups is 1. The van der Waals surface area contributed by atoms with Crippen molar-refractivity contribution in [3.8, 4) is 0 Å². The molecule has 3 aromatic rings. The molecule has 0 saturated heterocycles. The van der Waals surface area contributed by atoms with Gasteiger partial charge >= 0.3 is 5.97 Å². The van der Waals surface area contributed by atoms with Gasteiger partial charge in [-0.3, -0.25) is 4.79 Å². The van der Waals surface area contributed by atoms with E-state index in [1.54, 1.807) is 23.7 Å². The summed E-state index contributed by atoms with van der Waals surface area (Å²) in [4.78, 5) is 24.4. The topological polar surface area (TPSA) is 48.3 Å². The average molecular weight is 273 g/mol. The molecule has 3 rings (SSSR count). The predicted octanol–water partition coefficient (Wildman–Crippen LogP) is 2.54. The summed E-state index contributed by atoms with van der Waals surface area (Å²) < 4.78 is 7.23. The monoisotopic (exact) mass is 273 g/mol. The Labute approximate surface area is 112 Å². The number of nitrogens with zero attached hydrogens (tertiary/aromatic N) is 1. The summed E-state index contributed by atoms with van der Waals surface area (Å²) in [5.41, 5.74) is 0.700. The fraction of sp³-hybridized carbons (Fsp3) is 0.143. The smallest absolute Gasteiger partial charge is 0.348 e. The summed E-state index contributed by atoms with van der Waals surface area (Å²) in [6.45, 7) is 0. The summed E-state index contributed by atoms with van der Waals surface area (Å²) in [6.07, 6.45) is 0. The number of methoxy groups -OCH3 is 1. The number of pyridine rings is 1. The van der Waals surface area contributed by atoms with Gasteiger partial charge in [0.05, 0.1) is 17.3 Å². The second kappa shape index (κ2) is 4.20. The molecule has 96 valence electrons. The molecule has 0 aliphatic rings. The highest BCUT2D eigenvalue weighted by atomic mass is 32.1. The van der Waals surface area contributed by atoms with Crippen LogP contribution in [0.2, 0.25) is 0 Å². The van der Waals surface area contributed by atoms with Crippen LogP contribution in [-0.4, -0.2) is 17.6 Å². The first-order chi connectivity index (χ1) is 9.13. The number of aromatic nitrogens is 1. The maximum Gasteiger partial charge on any atom is 0.348 e. The maximum absolute atomic E-state index is 12.2. The Hall–Kier alpha value is -2.14. The molecule has 4 nitrogen and oxygen atoms in total. The number of thiophene rings is 1. The Kier molecular flexibility index (Phi) is 2.64. The SMILES string of the molecule is COC(=O)c1cc2c(s1)c1ccccc1c(=O)n2C. The van der Waals surface area contributed by atoms with Gasteiger partial charge in [0, 0.05) is 17.8 Å². The standard InChI is InChI=1S/C14H11NO3S/c1-15-10-7-11(14(17)18-2)19-12(10)8-5-3-4-6-9(8)13(15)16/h3-7H,1-2H3. The van der Waals surface area contributed by atoms with Crippen molar-refractivity contribution in [3.63, 3.8) is 0 Å². The third-order valence-electron chi connectivity index (χ3n) is 3.17. The van der Waals surface area contributed by atoms with E-state index in [4.69, 9.17) is 4.74 Å². The molecule has 5 heteroatoms. The molecule has 0 saturated carbocycles. The molecule has 0 aliphatic carbocycles. The Morgan fingerprint density at radius 3 is 2.63 bits per heavy atom. The van der Waals surface area contributed by atoms with Gasteiger partial charge in [-0.2, -0.15) is 0 Å². The molecule has 0 fully saturated rings. The minimum absolute atomic E-state index is 0.0580.